The highest BCUT2D eigenvalue weighted by molar-refractivity contribution is 7.14. The van der Waals surface area contributed by atoms with Gasteiger partial charge >= 0.3 is 6.18 Å². The van der Waals surface area contributed by atoms with Gasteiger partial charge in [0.05, 0.1) is 12.6 Å². The Kier molecular flexibility index (Phi) is 6.82. The van der Waals surface area contributed by atoms with Crippen molar-refractivity contribution in [3.63, 3.8) is 0 Å². The predicted molar refractivity (Wildman–Crippen MR) is 116 cm³/mol. The van der Waals surface area contributed by atoms with Crippen molar-refractivity contribution in [3.8, 4) is 16.3 Å². The fourth-order valence-corrected chi connectivity index (χ4v) is 4.09. The molecule has 34 heavy (non-hydrogen) atoms. The van der Waals surface area contributed by atoms with E-state index in [4.69, 9.17) is 9.47 Å². The number of carbonyl (C=O) groups is 1. The van der Waals surface area contributed by atoms with Crippen LogP contribution in [0.15, 0.2) is 36.8 Å². The second-order valence-electron chi connectivity index (χ2n) is 7.82. The van der Waals surface area contributed by atoms with Crippen LogP contribution in [0.25, 0.3) is 10.6 Å². The summed E-state index contributed by atoms with van der Waals surface area (Å²) in [6.07, 6.45) is -1.82. The van der Waals surface area contributed by atoms with Gasteiger partial charge in [-0.2, -0.15) is 13.2 Å². The van der Waals surface area contributed by atoms with Crippen molar-refractivity contribution in [2.24, 2.45) is 0 Å². The molecule has 1 amide bonds. The Morgan fingerprint density at radius 3 is 2.56 bits per heavy atom. The largest absolute Gasteiger partial charge is 0.488 e. The van der Waals surface area contributed by atoms with Crippen LogP contribution < -0.4 is 10.1 Å². The van der Waals surface area contributed by atoms with Crippen molar-refractivity contribution in [2.75, 3.05) is 6.61 Å². The molecule has 2 aromatic heterocycles. The lowest BCUT2D eigenvalue weighted by molar-refractivity contribution is -0.145. The number of benzene rings is 1. The third-order valence-electron chi connectivity index (χ3n) is 5.05. The number of alkyl halides is 3. The highest BCUT2D eigenvalue weighted by Gasteiger charge is 2.34. The summed E-state index contributed by atoms with van der Waals surface area (Å²) in [5, 5.41) is 13.0. The van der Waals surface area contributed by atoms with Gasteiger partial charge in [-0.25, -0.2) is 15.0 Å². The monoisotopic (exact) mass is 494 g/mol. The number of aliphatic hydroxyl groups is 1. The van der Waals surface area contributed by atoms with Gasteiger partial charge in [-0.1, -0.05) is 0 Å². The maximum absolute atomic E-state index is 13.0. The van der Waals surface area contributed by atoms with Crippen LogP contribution in [-0.4, -0.2) is 45.0 Å². The van der Waals surface area contributed by atoms with Crippen LogP contribution in [0.4, 0.5) is 13.2 Å². The molecule has 1 fully saturated rings. The lowest BCUT2D eigenvalue weighted by atomic mass is 10.1. The normalized spacial score (nSPS) is 19.1. The highest BCUT2D eigenvalue weighted by Crippen LogP contribution is 2.31. The number of hydrogen-bond acceptors (Lipinski definition) is 8. The molecular weight excluding hydrogens is 473 g/mol. The summed E-state index contributed by atoms with van der Waals surface area (Å²) in [7, 11) is 0. The second-order valence-corrected chi connectivity index (χ2v) is 9.05. The van der Waals surface area contributed by atoms with Gasteiger partial charge in [-0.05, 0) is 32.0 Å². The molecule has 0 radical (unpaired) electrons. The molecule has 2 N–H and O–H groups in total. The molecule has 0 spiro atoms. The molecule has 1 aliphatic rings. The molecule has 1 unspecified atom stereocenters. The van der Waals surface area contributed by atoms with E-state index in [1.54, 1.807) is 31.3 Å². The van der Waals surface area contributed by atoms with Gasteiger partial charge in [0.15, 0.2) is 6.29 Å². The first-order valence-corrected chi connectivity index (χ1v) is 11.1. The number of rotatable bonds is 6. The average molecular weight is 494 g/mol. The van der Waals surface area contributed by atoms with Gasteiger partial charge in [0.1, 0.15) is 16.9 Å². The molecule has 3 aromatic rings. The van der Waals surface area contributed by atoms with Crippen LogP contribution in [-0.2, 0) is 10.9 Å². The van der Waals surface area contributed by atoms with E-state index >= 15 is 0 Å². The summed E-state index contributed by atoms with van der Waals surface area (Å²) in [6, 6.07) is 4.33. The first kappa shape index (κ1) is 24.0. The molecule has 1 aromatic carbocycles. The zero-order valence-corrected chi connectivity index (χ0v) is 19.0. The van der Waals surface area contributed by atoms with Crippen LogP contribution >= 0.6 is 11.3 Å². The van der Waals surface area contributed by atoms with Crippen LogP contribution in [0.3, 0.4) is 0 Å². The fraction of sp³-hybridized carbons (Fsp3) is 0.364. The molecule has 180 valence electrons. The number of thiazole rings is 1. The van der Waals surface area contributed by atoms with E-state index in [1.165, 1.54) is 11.3 Å². The van der Waals surface area contributed by atoms with Crippen molar-refractivity contribution in [1.29, 1.82) is 0 Å². The Morgan fingerprint density at radius 2 is 1.97 bits per heavy atom. The average Bonchev–Trinajstić information content (AvgIpc) is 3.40. The van der Waals surface area contributed by atoms with Gasteiger partial charge < -0.3 is 19.9 Å². The minimum absolute atomic E-state index is 0.217. The maximum Gasteiger partial charge on any atom is 0.451 e. The summed E-state index contributed by atoms with van der Waals surface area (Å²) < 4.78 is 49.2. The minimum atomic E-state index is -4.64. The standard InChI is InChI=1S/C22H21F3N4O4S/c1-11-7-26-20(34-11)14-3-13(4-16(5-14)33-17-6-18(30)32-10-17)19(31)29-12(2)15-8-27-21(28-9-15)22(23,24)25/h3-5,7-9,12,17-18,30H,6,10H2,1-2H3,(H,29,31)/t12?,17-,18-/m1/s1. The van der Waals surface area contributed by atoms with Gasteiger partial charge in [-0.15, -0.1) is 11.3 Å². The van der Waals surface area contributed by atoms with Crippen molar-refractivity contribution >= 4 is 17.2 Å². The van der Waals surface area contributed by atoms with Crippen molar-refractivity contribution in [2.45, 2.75) is 44.9 Å². The Morgan fingerprint density at radius 1 is 1.24 bits per heavy atom. The number of aliphatic hydroxyl groups excluding tert-OH is 1. The Bertz CT molecular complexity index is 1170. The van der Waals surface area contributed by atoms with Crippen molar-refractivity contribution in [3.05, 3.63) is 58.6 Å². The first-order valence-electron chi connectivity index (χ1n) is 10.3. The van der Waals surface area contributed by atoms with E-state index in [-0.39, 0.29) is 18.3 Å². The van der Waals surface area contributed by atoms with Crippen molar-refractivity contribution in [1.82, 2.24) is 20.3 Å². The van der Waals surface area contributed by atoms with Crippen LogP contribution in [0, 0.1) is 6.92 Å². The molecule has 1 saturated heterocycles. The zero-order valence-electron chi connectivity index (χ0n) is 18.2. The van der Waals surface area contributed by atoms with E-state index in [2.05, 4.69) is 20.3 Å². The number of nitrogens with zero attached hydrogens (tertiary/aromatic N) is 3. The number of nitrogens with one attached hydrogen (secondary N) is 1. The van der Waals surface area contributed by atoms with Crippen LogP contribution in [0.5, 0.6) is 5.75 Å². The minimum Gasteiger partial charge on any atom is -0.488 e. The number of ether oxygens (including phenoxy) is 2. The molecule has 12 heteroatoms. The molecule has 0 aliphatic carbocycles. The highest BCUT2D eigenvalue weighted by atomic mass is 32.1. The van der Waals surface area contributed by atoms with Gasteiger partial charge in [0.2, 0.25) is 5.82 Å². The summed E-state index contributed by atoms with van der Waals surface area (Å²) >= 11 is 1.46. The predicted octanol–water partition coefficient (Wildman–Crippen LogP) is 3.90. The number of aryl methyl sites for hydroxylation is 1. The molecule has 1 aliphatic heterocycles. The lowest BCUT2D eigenvalue weighted by Crippen LogP contribution is -2.27. The lowest BCUT2D eigenvalue weighted by Gasteiger charge is -2.17. The van der Waals surface area contributed by atoms with Gasteiger partial charge in [0.25, 0.3) is 5.91 Å². The number of hydrogen-bond donors (Lipinski definition) is 2. The van der Waals surface area contributed by atoms with Gasteiger partial charge in [-0.3, -0.25) is 4.79 Å². The third kappa shape index (κ3) is 5.69. The van der Waals surface area contributed by atoms with E-state index in [1.807, 2.05) is 6.92 Å². The Labute approximate surface area is 196 Å². The number of carbonyl (C=O) groups excluding carboxylic acids is 1. The van der Waals surface area contributed by atoms with E-state index in [9.17, 15) is 23.1 Å². The molecule has 3 heterocycles. The maximum atomic E-state index is 13.0. The third-order valence-corrected chi connectivity index (χ3v) is 6.01. The van der Waals surface area contributed by atoms with Gasteiger partial charge in [0, 0.05) is 46.6 Å². The first-order chi connectivity index (χ1) is 16.1. The molecule has 8 nitrogen and oxygen atoms in total. The SMILES string of the molecule is Cc1cnc(-c2cc(O[C@H]3CO[C@@H](O)C3)cc(C(=O)NC(C)c3cnc(C(F)(F)F)nc3)c2)s1. The fourth-order valence-electron chi connectivity index (χ4n) is 3.34. The van der Waals surface area contributed by atoms with E-state index in [0.29, 0.717) is 28.3 Å². The van der Waals surface area contributed by atoms with E-state index < -0.39 is 30.2 Å². The molecule has 3 atom stereocenters. The summed E-state index contributed by atoms with van der Waals surface area (Å²) in [6.45, 7) is 3.75. The quantitative estimate of drug-likeness (QED) is 0.535. The smallest absolute Gasteiger partial charge is 0.451 e. The van der Waals surface area contributed by atoms with Crippen molar-refractivity contribution < 1.29 is 32.5 Å². The number of amides is 1. The molecule has 0 saturated carbocycles. The second kappa shape index (κ2) is 9.65. The Hall–Kier alpha value is -3.09. The summed E-state index contributed by atoms with van der Waals surface area (Å²) in [5.41, 5.74) is 1.27. The zero-order chi connectivity index (χ0) is 24.5. The molecule has 0 bridgehead atoms. The molecule has 4 rings (SSSR count). The summed E-state index contributed by atoms with van der Waals surface area (Å²) in [4.78, 5) is 25.1. The number of halogens is 3. The number of aromatic nitrogens is 3. The van der Waals surface area contributed by atoms with E-state index in [0.717, 1.165) is 17.3 Å². The van der Waals surface area contributed by atoms with Crippen LogP contribution in [0.1, 0.15) is 46.0 Å². The topological polar surface area (TPSA) is 106 Å². The molecular formula is C22H21F3N4O4S. The summed E-state index contributed by atoms with van der Waals surface area (Å²) in [5.74, 6) is -1.30. The Balaban J connectivity index is 1.56. The van der Waals surface area contributed by atoms with Crippen LogP contribution in [0.2, 0.25) is 0 Å².